The largest absolute Gasteiger partial charge is 0.493 e. The summed E-state index contributed by atoms with van der Waals surface area (Å²) in [6.07, 6.45) is 3.27. The van der Waals surface area contributed by atoms with Crippen LogP contribution in [0, 0.1) is 0 Å². The van der Waals surface area contributed by atoms with Gasteiger partial charge in [-0.1, -0.05) is 17.4 Å². The van der Waals surface area contributed by atoms with E-state index < -0.39 is 12.0 Å². The lowest BCUT2D eigenvalue weighted by Crippen LogP contribution is -2.39. The van der Waals surface area contributed by atoms with Crippen molar-refractivity contribution < 1.29 is 23.4 Å². The van der Waals surface area contributed by atoms with Crippen LogP contribution < -0.4 is 24.4 Å². The summed E-state index contributed by atoms with van der Waals surface area (Å²) in [5.41, 5.74) is 1.26. The van der Waals surface area contributed by atoms with Gasteiger partial charge in [-0.2, -0.15) is 0 Å². The molecule has 0 saturated carbocycles. The molecular formula is C23H22N2O6S. The molecule has 8 nitrogen and oxygen atoms in total. The minimum Gasteiger partial charge on any atom is -0.493 e. The molecule has 1 aliphatic rings. The molecule has 9 heteroatoms. The molecule has 0 bridgehead atoms. The van der Waals surface area contributed by atoms with E-state index in [2.05, 4.69) is 4.99 Å². The second-order valence-corrected chi connectivity index (χ2v) is 7.94. The van der Waals surface area contributed by atoms with Crippen LogP contribution in [0.15, 0.2) is 62.1 Å². The molecular weight excluding hydrogens is 432 g/mol. The number of hydrogen-bond acceptors (Lipinski definition) is 8. The number of carbonyl (C=O) groups excluding carboxylic acids is 1. The number of nitrogens with zero attached hydrogens (tertiary/aromatic N) is 2. The van der Waals surface area contributed by atoms with Crippen LogP contribution in [0.1, 0.15) is 31.2 Å². The maximum atomic E-state index is 13.4. The zero-order valence-electron chi connectivity index (χ0n) is 18.1. The predicted molar refractivity (Wildman–Crippen MR) is 119 cm³/mol. The molecule has 1 aliphatic heterocycles. The standard InChI is InChI=1S/C23H22N2O6S/c1-5-30-22(27)19-13(2)24-23-25(20(19)16-7-6-10-31-16)21(26)18(32-23)12-14-8-9-15(28-3)17(11-14)29-4/h6-12,20H,5H2,1-4H3/b18-12-/t20-/m1/s1. The third kappa shape index (κ3) is 3.75. The summed E-state index contributed by atoms with van der Waals surface area (Å²) in [6, 6.07) is 8.08. The number of rotatable bonds is 6. The number of fused-ring (bicyclic) bond motifs is 1. The molecule has 1 aromatic carbocycles. The van der Waals surface area contributed by atoms with Gasteiger partial charge in [0.2, 0.25) is 0 Å². The third-order valence-electron chi connectivity index (χ3n) is 5.04. The Balaban J connectivity index is 1.90. The van der Waals surface area contributed by atoms with Gasteiger partial charge in [0, 0.05) is 0 Å². The number of aromatic nitrogens is 1. The van der Waals surface area contributed by atoms with Crippen molar-refractivity contribution in [3.63, 3.8) is 0 Å². The van der Waals surface area contributed by atoms with Gasteiger partial charge in [-0.05, 0) is 49.8 Å². The van der Waals surface area contributed by atoms with Crippen molar-refractivity contribution in [1.29, 1.82) is 0 Å². The normalized spacial score (nSPS) is 15.9. The molecule has 4 rings (SSSR count). The topological polar surface area (TPSA) is 92.3 Å². The molecule has 0 aliphatic carbocycles. The smallest absolute Gasteiger partial charge is 0.338 e. The van der Waals surface area contributed by atoms with Crippen LogP contribution >= 0.6 is 11.3 Å². The van der Waals surface area contributed by atoms with Gasteiger partial charge < -0.3 is 18.6 Å². The maximum absolute atomic E-state index is 13.4. The minimum absolute atomic E-state index is 0.213. The minimum atomic E-state index is -0.757. The van der Waals surface area contributed by atoms with Gasteiger partial charge in [-0.25, -0.2) is 9.79 Å². The van der Waals surface area contributed by atoms with Crippen molar-refractivity contribution in [2.75, 3.05) is 20.8 Å². The van der Waals surface area contributed by atoms with Crippen LogP contribution in [0.25, 0.3) is 6.08 Å². The number of allylic oxidation sites excluding steroid dienone is 1. The van der Waals surface area contributed by atoms with E-state index in [1.54, 1.807) is 58.4 Å². The molecule has 0 fully saturated rings. The molecule has 3 heterocycles. The Morgan fingerprint density at radius 3 is 2.69 bits per heavy atom. The van der Waals surface area contributed by atoms with E-state index in [-0.39, 0.29) is 17.7 Å². The zero-order valence-corrected chi connectivity index (χ0v) is 18.9. The number of methoxy groups -OCH3 is 2. The number of furan rings is 1. The van der Waals surface area contributed by atoms with Gasteiger partial charge in [0.05, 0.1) is 42.9 Å². The molecule has 0 unspecified atom stereocenters. The summed E-state index contributed by atoms with van der Waals surface area (Å²) in [6.45, 7) is 3.67. The molecule has 3 aromatic rings. The van der Waals surface area contributed by atoms with E-state index in [0.29, 0.717) is 32.3 Å². The first-order chi connectivity index (χ1) is 15.5. The van der Waals surface area contributed by atoms with E-state index >= 15 is 0 Å². The number of esters is 1. The predicted octanol–water partition coefficient (Wildman–Crippen LogP) is 2.41. The Kier molecular flexibility index (Phi) is 6.00. The molecule has 0 N–H and O–H groups in total. The molecule has 1 atom stereocenters. The van der Waals surface area contributed by atoms with Gasteiger partial charge in [0.1, 0.15) is 11.8 Å². The van der Waals surface area contributed by atoms with Gasteiger partial charge in [-0.15, -0.1) is 0 Å². The van der Waals surface area contributed by atoms with Crippen LogP contribution in [0.3, 0.4) is 0 Å². The highest BCUT2D eigenvalue weighted by molar-refractivity contribution is 7.07. The van der Waals surface area contributed by atoms with Crippen LogP contribution in [-0.2, 0) is 9.53 Å². The van der Waals surface area contributed by atoms with Crippen molar-refractivity contribution in [2.45, 2.75) is 19.9 Å². The molecule has 166 valence electrons. The Bertz CT molecular complexity index is 1360. The highest BCUT2D eigenvalue weighted by Crippen LogP contribution is 2.31. The fraction of sp³-hybridized carbons (Fsp3) is 0.261. The summed E-state index contributed by atoms with van der Waals surface area (Å²) < 4.78 is 23.4. The Morgan fingerprint density at radius 1 is 1.25 bits per heavy atom. The van der Waals surface area contributed by atoms with Gasteiger partial charge in [-0.3, -0.25) is 9.36 Å². The highest BCUT2D eigenvalue weighted by atomic mass is 32.1. The maximum Gasteiger partial charge on any atom is 0.338 e. The third-order valence-corrected chi connectivity index (χ3v) is 6.02. The molecule has 0 radical (unpaired) electrons. The lowest BCUT2D eigenvalue weighted by molar-refractivity contribution is -0.139. The van der Waals surface area contributed by atoms with E-state index in [1.165, 1.54) is 22.2 Å². The first-order valence-corrected chi connectivity index (χ1v) is 10.7. The number of hydrogen-bond donors (Lipinski definition) is 0. The van der Waals surface area contributed by atoms with Gasteiger partial charge >= 0.3 is 5.97 Å². The highest BCUT2D eigenvalue weighted by Gasteiger charge is 2.35. The lowest BCUT2D eigenvalue weighted by atomic mass is 10.0. The quantitative estimate of drug-likeness (QED) is 0.531. The van der Waals surface area contributed by atoms with E-state index in [9.17, 15) is 9.59 Å². The Hall–Kier alpha value is -3.59. The van der Waals surface area contributed by atoms with E-state index in [4.69, 9.17) is 18.6 Å². The molecule has 0 saturated heterocycles. The zero-order chi connectivity index (χ0) is 22.8. The summed E-state index contributed by atoms with van der Waals surface area (Å²) in [5, 5.41) is 0. The average Bonchev–Trinajstić information content (AvgIpc) is 3.41. The SMILES string of the molecule is CCOC(=O)C1=C(C)N=c2s/c(=C\c3ccc(OC)c(OC)c3)c(=O)n2[C@@H]1c1ccco1. The summed E-state index contributed by atoms with van der Waals surface area (Å²) in [5.74, 6) is 1.09. The van der Waals surface area contributed by atoms with Crippen LogP contribution in [0.4, 0.5) is 0 Å². The van der Waals surface area contributed by atoms with E-state index in [1.807, 2.05) is 6.07 Å². The second-order valence-electron chi connectivity index (χ2n) is 6.93. The second kappa shape index (κ2) is 8.88. The van der Waals surface area contributed by atoms with E-state index in [0.717, 1.165) is 5.56 Å². The number of thiazole rings is 1. The van der Waals surface area contributed by atoms with Gasteiger partial charge in [0.15, 0.2) is 16.3 Å². The van der Waals surface area contributed by atoms with Crippen molar-refractivity contribution in [3.8, 4) is 11.5 Å². The van der Waals surface area contributed by atoms with Crippen molar-refractivity contribution in [1.82, 2.24) is 4.57 Å². The Morgan fingerprint density at radius 2 is 2.03 bits per heavy atom. The van der Waals surface area contributed by atoms with Crippen molar-refractivity contribution in [3.05, 3.63) is 78.9 Å². The summed E-state index contributed by atoms with van der Waals surface area (Å²) in [7, 11) is 3.12. The molecule has 2 aromatic heterocycles. The average molecular weight is 455 g/mol. The van der Waals surface area contributed by atoms with Crippen LogP contribution in [0.2, 0.25) is 0 Å². The number of benzene rings is 1. The van der Waals surface area contributed by atoms with Crippen LogP contribution in [0.5, 0.6) is 11.5 Å². The fourth-order valence-electron chi connectivity index (χ4n) is 3.60. The Labute approximate surface area is 187 Å². The van der Waals surface area contributed by atoms with Crippen molar-refractivity contribution >= 4 is 23.4 Å². The van der Waals surface area contributed by atoms with Crippen LogP contribution in [-0.4, -0.2) is 31.4 Å². The lowest BCUT2D eigenvalue weighted by Gasteiger charge is -2.22. The molecule has 32 heavy (non-hydrogen) atoms. The first kappa shape index (κ1) is 21.6. The van der Waals surface area contributed by atoms with Crippen molar-refractivity contribution in [2.24, 2.45) is 4.99 Å². The molecule has 0 amide bonds. The molecule has 0 spiro atoms. The fourth-order valence-corrected chi connectivity index (χ4v) is 4.65. The number of ether oxygens (including phenoxy) is 3. The summed E-state index contributed by atoms with van der Waals surface area (Å²) in [4.78, 5) is 31.2. The number of carbonyl (C=O) groups is 1. The first-order valence-electron chi connectivity index (χ1n) is 9.93. The summed E-state index contributed by atoms with van der Waals surface area (Å²) >= 11 is 1.24. The van der Waals surface area contributed by atoms with Gasteiger partial charge in [0.25, 0.3) is 5.56 Å². The monoisotopic (exact) mass is 454 g/mol.